The van der Waals surface area contributed by atoms with Crippen LogP contribution in [0.5, 0.6) is 5.75 Å². The summed E-state index contributed by atoms with van der Waals surface area (Å²) in [5.41, 5.74) is 3.79. The van der Waals surface area contributed by atoms with Gasteiger partial charge in [-0.25, -0.2) is 0 Å². The Balaban J connectivity index is 1.23. The Morgan fingerprint density at radius 1 is 0.738 bits per heavy atom. The van der Waals surface area contributed by atoms with Crippen LogP contribution < -0.4 is 20.7 Å². The van der Waals surface area contributed by atoms with E-state index in [0.717, 1.165) is 24.2 Å². The minimum atomic E-state index is -0.270. The summed E-state index contributed by atoms with van der Waals surface area (Å²) in [5.74, 6) is 0.248. The third-order valence-electron chi connectivity index (χ3n) is 6.57. The van der Waals surface area contributed by atoms with Crippen LogP contribution in [-0.4, -0.2) is 30.7 Å². The molecule has 0 saturated carbocycles. The lowest BCUT2D eigenvalue weighted by Gasteiger charge is -2.14. The average Bonchev–Trinajstić information content (AvgIpc) is 2.99. The van der Waals surface area contributed by atoms with Gasteiger partial charge in [0.25, 0.3) is 0 Å². The number of hydrogen-bond acceptors (Lipinski definition) is 5. The molecule has 0 aliphatic rings. The highest BCUT2D eigenvalue weighted by Gasteiger charge is 2.16. The van der Waals surface area contributed by atoms with Gasteiger partial charge in [-0.1, -0.05) is 66.2 Å². The van der Waals surface area contributed by atoms with E-state index in [2.05, 4.69) is 16.0 Å². The van der Waals surface area contributed by atoms with Crippen molar-refractivity contribution in [1.29, 1.82) is 0 Å². The third-order valence-corrected chi connectivity index (χ3v) is 6.88. The van der Waals surface area contributed by atoms with Crippen molar-refractivity contribution in [2.45, 2.75) is 32.6 Å². The minimum absolute atomic E-state index is 0.0544. The number of ether oxygens (including phenoxy) is 1. The van der Waals surface area contributed by atoms with E-state index in [1.807, 2.05) is 73.7 Å². The lowest BCUT2D eigenvalue weighted by molar-refractivity contribution is -0.124. The fourth-order valence-corrected chi connectivity index (χ4v) is 4.56. The van der Waals surface area contributed by atoms with E-state index in [1.165, 1.54) is 0 Å². The maximum absolute atomic E-state index is 13.0. The van der Waals surface area contributed by atoms with Gasteiger partial charge in [-0.2, -0.15) is 0 Å². The van der Waals surface area contributed by atoms with Gasteiger partial charge >= 0.3 is 0 Å². The number of carbonyl (C=O) groups is 3. The molecule has 0 saturated heterocycles. The number of halogens is 1. The molecule has 0 spiro atoms. The number of hydrogen-bond donors (Lipinski definition) is 3. The zero-order valence-corrected chi connectivity index (χ0v) is 24.2. The number of para-hydroxylation sites is 3. The van der Waals surface area contributed by atoms with Gasteiger partial charge < -0.3 is 20.7 Å². The zero-order valence-electron chi connectivity index (χ0n) is 23.5. The van der Waals surface area contributed by atoms with Gasteiger partial charge in [0.1, 0.15) is 5.75 Å². The molecule has 216 valence electrons. The number of aryl methyl sites for hydroxylation is 1. The topological polar surface area (TPSA) is 96.5 Å². The molecule has 0 heterocycles. The molecule has 0 aliphatic carbocycles. The van der Waals surface area contributed by atoms with Gasteiger partial charge in [0.05, 0.1) is 23.0 Å². The summed E-state index contributed by atoms with van der Waals surface area (Å²) in [4.78, 5) is 37.8. The highest BCUT2D eigenvalue weighted by atomic mass is 35.5. The molecule has 0 aromatic heterocycles. The standard InChI is InChI=1S/C34H34ClN3O4/c1-24-11-5-6-14-27(24)34(41)28-18-17-25(23-29(28)35)37-30-15-7-8-16-31(30)38-33(40)20-19-32(39)36-21-9-10-22-42-26-12-3-2-4-13-26/h2-8,11-18,23,37H,9-10,19-22H2,1H3,(H,36,39)(H,38,40). The highest BCUT2D eigenvalue weighted by molar-refractivity contribution is 6.35. The van der Waals surface area contributed by atoms with E-state index in [9.17, 15) is 14.4 Å². The third kappa shape index (κ3) is 8.94. The van der Waals surface area contributed by atoms with Crippen molar-refractivity contribution in [1.82, 2.24) is 5.32 Å². The van der Waals surface area contributed by atoms with Crippen LogP contribution in [0.2, 0.25) is 5.02 Å². The van der Waals surface area contributed by atoms with Crippen molar-refractivity contribution in [3.63, 3.8) is 0 Å². The van der Waals surface area contributed by atoms with Gasteiger partial charge in [0.2, 0.25) is 11.8 Å². The van der Waals surface area contributed by atoms with Gasteiger partial charge in [-0.15, -0.1) is 0 Å². The normalized spacial score (nSPS) is 10.5. The van der Waals surface area contributed by atoms with Crippen LogP contribution in [0.3, 0.4) is 0 Å². The SMILES string of the molecule is Cc1ccccc1C(=O)c1ccc(Nc2ccccc2NC(=O)CCC(=O)NCCCCOc2ccccc2)cc1Cl. The van der Waals surface area contributed by atoms with Crippen molar-refractivity contribution in [2.75, 3.05) is 23.8 Å². The quantitative estimate of drug-likeness (QED) is 0.107. The van der Waals surface area contributed by atoms with Gasteiger partial charge in [0.15, 0.2) is 5.78 Å². The molecule has 0 radical (unpaired) electrons. The summed E-state index contributed by atoms with van der Waals surface area (Å²) in [7, 11) is 0. The number of rotatable bonds is 14. The second-order valence-corrected chi connectivity index (χ2v) is 10.2. The molecule has 4 rings (SSSR count). The molecule has 8 heteroatoms. The van der Waals surface area contributed by atoms with E-state index in [4.69, 9.17) is 16.3 Å². The lowest BCUT2D eigenvalue weighted by Crippen LogP contribution is -2.26. The predicted octanol–water partition coefficient (Wildman–Crippen LogP) is 7.32. The smallest absolute Gasteiger partial charge is 0.224 e. The molecule has 2 amide bonds. The fraction of sp³-hybridized carbons (Fsp3) is 0.206. The first-order valence-electron chi connectivity index (χ1n) is 13.9. The Morgan fingerprint density at radius 3 is 2.19 bits per heavy atom. The zero-order chi connectivity index (χ0) is 29.7. The number of carbonyl (C=O) groups excluding carboxylic acids is 3. The molecule has 7 nitrogen and oxygen atoms in total. The molecule has 0 aliphatic heterocycles. The van der Waals surface area contributed by atoms with Gasteiger partial charge in [-0.05, 0) is 67.8 Å². The molecular formula is C34H34ClN3O4. The van der Waals surface area contributed by atoms with Crippen LogP contribution in [0.15, 0.2) is 97.1 Å². The van der Waals surface area contributed by atoms with Crippen molar-refractivity contribution in [2.24, 2.45) is 0 Å². The minimum Gasteiger partial charge on any atom is -0.494 e. The summed E-state index contributed by atoms with van der Waals surface area (Å²) in [6, 6.07) is 29.4. The Kier molecular flexibility index (Phi) is 11.1. The number of benzene rings is 4. The van der Waals surface area contributed by atoms with E-state index >= 15 is 0 Å². The first kappa shape index (κ1) is 30.3. The molecule has 4 aromatic rings. The molecule has 0 fully saturated rings. The number of nitrogens with one attached hydrogen (secondary N) is 3. The summed E-state index contributed by atoms with van der Waals surface area (Å²) >= 11 is 6.50. The van der Waals surface area contributed by atoms with E-state index in [-0.39, 0.29) is 30.4 Å². The summed E-state index contributed by atoms with van der Waals surface area (Å²) in [6.07, 6.45) is 1.75. The highest BCUT2D eigenvalue weighted by Crippen LogP contribution is 2.29. The largest absolute Gasteiger partial charge is 0.494 e. The predicted molar refractivity (Wildman–Crippen MR) is 168 cm³/mol. The maximum Gasteiger partial charge on any atom is 0.224 e. The lowest BCUT2D eigenvalue weighted by atomic mass is 9.99. The van der Waals surface area contributed by atoms with Crippen LogP contribution in [0.4, 0.5) is 17.1 Å². The van der Waals surface area contributed by atoms with Gasteiger partial charge in [-0.3, -0.25) is 14.4 Å². The van der Waals surface area contributed by atoms with Crippen LogP contribution in [0, 0.1) is 6.92 Å². The summed E-state index contributed by atoms with van der Waals surface area (Å²) < 4.78 is 5.65. The Hall–Kier alpha value is -4.62. The Labute approximate surface area is 251 Å². The van der Waals surface area contributed by atoms with Crippen molar-refractivity contribution >= 4 is 46.3 Å². The molecule has 42 heavy (non-hydrogen) atoms. The first-order chi connectivity index (χ1) is 20.4. The Bertz CT molecular complexity index is 1520. The number of ketones is 1. The number of amides is 2. The van der Waals surface area contributed by atoms with Crippen molar-refractivity contribution in [3.05, 3.63) is 119 Å². The number of unbranched alkanes of at least 4 members (excludes halogenated alkanes) is 1. The molecule has 3 N–H and O–H groups in total. The number of anilines is 3. The van der Waals surface area contributed by atoms with Crippen LogP contribution in [-0.2, 0) is 9.59 Å². The van der Waals surface area contributed by atoms with Crippen LogP contribution in [0.25, 0.3) is 0 Å². The van der Waals surface area contributed by atoms with Crippen molar-refractivity contribution in [3.8, 4) is 5.75 Å². The monoisotopic (exact) mass is 583 g/mol. The first-order valence-corrected chi connectivity index (χ1v) is 14.3. The molecule has 0 unspecified atom stereocenters. The summed E-state index contributed by atoms with van der Waals surface area (Å²) in [5, 5.41) is 9.30. The molecule has 0 bridgehead atoms. The van der Waals surface area contributed by atoms with Crippen LogP contribution in [0.1, 0.15) is 47.2 Å². The molecule has 0 atom stereocenters. The second-order valence-electron chi connectivity index (χ2n) is 9.78. The van der Waals surface area contributed by atoms with Crippen molar-refractivity contribution < 1.29 is 19.1 Å². The van der Waals surface area contributed by atoms with Crippen LogP contribution >= 0.6 is 11.6 Å². The Morgan fingerprint density at radius 2 is 1.43 bits per heavy atom. The molecular weight excluding hydrogens is 550 g/mol. The average molecular weight is 584 g/mol. The second kappa shape index (κ2) is 15.4. The summed E-state index contributed by atoms with van der Waals surface area (Å²) in [6.45, 7) is 3.00. The van der Waals surface area contributed by atoms with E-state index < -0.39 is 0 Å². The maximum atomic E-state index is 13.0. The molecule has 4 aromatic carbocycles. The van der Waals surface area contributed by atoms with E-state index in [0.29, 0.717) is 46.4 Å². The fourth-order valence-electron chi connectivity index (χ4n) is 4.30. The van der Waals surface area contributed by atoms with Gasteiger partial charge in [0, 0.05) is 36.2 Å². The van der Waals surface area contributed by atoms with E-state index in [1.54, 1.807) is 30.3 Å².